The van der Waals surface area contributed by atoms with Crippen molar-refractivity contribution in [3.63, 3.8) is 0 Å². The minimum absolute atomic E-state index is 0.163. The number of hydrogen-bond donors (Lipinski definition) is 2. The summed E-state index contributed by atoms with van der Waals surface area (Å²) in [5.74, 6) is -0.0282. The molecule has 3 rings (SSSR count). The fourth-order valence-electron chi connectivity index (χ4n) is 2.27. The predicted octanol–water partition coefficient (Wildman–Crippen LogP) is 3.56. The van der Waals surface area contributed by atoms with Crippen molar-refractivity contribution >= 4 is 50.8 Å². The Morgan fingerprint density at radius 2 is 2.03 bits per heavy atom. The Balaban J connectivity index is 1.92. The third-order valence-corrected chi connectivity index (χ3v) is 5.98. The van der Waals surface area contributed by atoms with Crippen molar-refractivity contribution in [1.82, 2.24) is 24.7 Å². The Bertz CT molecular complexity index is 1030. The molecule has 0 atom stereocenters. The lowest BCUT2D eigenvalue weighted by Gasteiger charge is -2.13. The van der Waals surface area contributed by atoms with Crippen LogP contribution in [0.2, 0.25) is 0 Å². The van der Waals surface area contributed by atoms with Crippen molar-refractivity contribution in [1.29, 1.82) is 0 Å². The van der Waals surface area contributed by atoms with Crippen molar-refractivity contribution in [3.8, 4) is 0 Å². The van der Waals surface area contributed by atoms with Crippen LogP contribution in [0.4, 0.5) is 11.6 Å². The summed E-state index contributed by atoms with van der Waals surface area (Å²) in [6, 6.07) is 4.67. The first-order chi connectivity index (χ1) is 13.9. The van der Waals surface area contributed by atoms with Gasteiger partial charge in [-0.3, -0.25) is 15.3 Å². The zero-order chi connectivity index (χ0) is 21.0. The molecule has 0 saturated carbocycles. The highest BCUT2D eigenvalue weighted by Gasteiger charge is 2.18. The van der Waals surface area contributed by atoms with Gasteiger partial charge >= 0.3 is 0 Å². The van der Waals surface area contributed by atoms with Crippen LogP contribution in [-0.4, -0.2) is 35.8 Å². The second-order valence-electron chi connectivity index (χ2n) is 6.28. The molecule has 0 saturated heterocycles. The summed E-state index contributed by atoms with van der Waals surface area (Å²) in [5.41, 5.74) is 1.46. The van der Waals surface area contributed by atoms with E-state index in [0.717, 1.165) is 5.56 Å². The van der Waals surface area contributed by atoms with Crippen LogP contribution in [0.15, 0.2) is 47.0 Å². The van der Waals surface area contributed by atoms with Gasteiger partial charge in [0.2, 0.25) is 5.95 Å². The molecule has 0 aliphatic heterocycles. The van der Waals surface area contributed by atoms with Gasteiger partial charge in [0.05, 0.1) is 11.3 Å². The van der Waals surface area contributed by atoms with Gasteiger partial charge in [-0.15, -0.1) is 10.2 Å². The molecule has 0 radical (unpaired) electrons. The van der Waals surface area contributed by atoms with E-state index < -0.39 is 27.4 Å². The van der Waals surface area contributed by atoms with Crippen LogP contribution in [0.1, 0.15) is 35.7 Å². The fraction of sp³-hybridized carbons (Fsp3) is 0.235. The highest BCUT2D eigenvalue weighted by atomic mass is 127. The number of aryl methyl sites for hydroxylation is 1. The van der Waals surface area contributed by atoms with E-state index in [9.17, 15) is 13.1 Å². The van der Waals surface area contributed by atoms with Crippen LogP contribution >= 0.6 is 33.2 Å². The summed E-state index contributed by atoms with van der Waals surface area (Å²) in [4.78, 5) is 21.9. The molecule has 3 aromatic rings. The van der Waals surface area contributed by atoms with Crippen molar-refractivity contribution in [2.24, 2.45) is 7.05 Å². The van der Waals surface area contributed by atoms with Crippen LogP contribution in [-0.2, 0) is 10.1 Å². The lowest BCUT2D eigenvalue weighted by atomic mass is 10.1. The summed E-state index contributed by atoms with van der Waals surface area (Å²) < 4.78 is 13.5. The lowest BCUT2D eigenvalue weighted by Crippen LogP contribution is -2.16. The Kier molecular flexibility index (Phi) is 6.87. The molecule has 0 spiro atoms. The lowest BCUT2D eigenvalue weighted by molar-refractivity contribution is 0.102. The summed E-state index contributed by atoms with van der Waals surface area (Å²) in [5, 5.41) is 20.9. The summed E-state index contributed by atoms with van der Waals surface area (Å²) in [6.45, 7) is 4.05. The molecular weight excluding hydrogens is 509 g/mol. The van der Waals surface area contributed by atoms with Crippen LogP contribution < -0.4 is 8.59 Å². The molecule has 2 aromatic heterocycles. The van der Waals surface area contributed by atoms with Gasteiger partial charge in [-0.25, -0.2) is 13.0 Å². The quantitative estimate of drug-likeness (QED) is 0.270. The van der Waals surface area contributed by atoms with Gasteiger partial charge in [0, 0.05) is 24.3 Å². The number of halogens is 1. The second-order valence-corrected chi connectivity index (χ2v) is 8.60. The molecule has 2 N–H and O–H groups in total. The topological polar surface area (TPSA) is 126 Å². The van der Waals surface area contributed by atoms with Gasteiger partial charge in [0.15, 0.2) is 5.16 Å². The average molecular weight is 527 g/mol. The Labute approximate surface area is 181 Å². The van der Waals surface area contributed by atoms with Crippen molar-refractivity contribution in [2.75, 3.05) is 8.59 Å². The number of nitrogens with one attached hydrogen (secondary N) is 1. The van der Waals surface area contributed by atoms with Gasteiger partial charge < -0.3 is 4.57 Å². The number of aromatic nitrogens is 5. The maximum Gasteiger partial charge on any atom is 0.300 e. The first-order valence-electron chi connectivity index (χ1n) is 8.44. The maximum absolute atomic E-state index is 12.9. The minimum atomic E-state index is -1.83. The van der Waals surface area contributed by atoms with Crippen LogP contribution in [0, 0.1) is 0 Å². The third kappa shape index (κ3) is 5.13. The monoisotopic (exact) mass is 527 g/mol. The highest BCUT2D eigenvalue weighted by Crippen LogP contribution is 2.32. The molecule has 152 valence electrons. The van der Waals surface area contributed by atoms with Gasteiger partial charge in [0.1, 0.15) is 6.33 Å². The maximum atomic E-state index is 12.9. The molecule has 1 aromatic carbocycles. The molecule has 10 nitrogen and oxygen atoms in total. The van der Waals surface area contributed by atoms with Gasteiger partial charge in [-0.2, -0.15) is 3.28 Å². The number of benzene rings is 1. The van der Waals surface area contributed by atoms with Gasteiger partial charge in [-0.05, 0) is 41.4 Å². The number of carbonyl (C=O) groups is 1. The molecule has 2 heterocycles. The first kappa shape index (κ1) is 21.3. The number of amides is 1. The molecule has 0 aliphatic rings. The number of carbonyl (C=O) groups excluding carboxylic acids is 1. The van der Waals surface area contributed by atoms with Crippen molar-refractivity contribution in [2.45, 2.75) is 29.8 Å². The van der Waals surface area contributed by atoms with E-state index in [1.54, 1.807) is 42.5 Å². The van der Waals surface area contributed by atoms with E-state index in [0.29, 0.717) is 13.3 Å². The van der Waals surface area contributed by atoms with Gasteiger partial charge in [-0.1, -0.05) is 13.8 Å². The number of nitrogens with zero attached hydrogens (tertiary/aromatic N) is 6. The second kappa shape index (κ2) is 9.37. The van der Waals surface area contributed by atoms with Crippen LogP contribution in [0.25, 0.3) is 0 Å². The molecule has 0 aliphatic carbocycles. The average Bonchev–Trinajstić information content (AvgIpc) is 3.12. The fourth-order valence-corrected chi connectivity index (χ4v) is 3.67. The first-order valence-corrected chi connectivity index (χ1v) is 11.1. The normalized spacial score (nSPS) is 10.9. The summed E-state index contributed by atoms with van der Waals surface area (Å²) in [7, 11) is 1.79. The van der Waals surface area contributed by atoms with E-state index >= 15 is 0 Å². The van der Waals surface area contributed by atoms with Gasteiger partial charge in [0.25, 0.3) is 27.4 Å². The standard InChI is InChI=1S/C17H18IN7O3S/c1-10(2)11-7-19-16(20-8-11)22-15(26)13-6-12(25(28)18-27)4-5-14(13)29-17-23-21-9-24(17)3/h4-10,28H,1-3H3,(H,19,20,22,26). The zero-order valence-corrected chi connectivity index (χ0v) is 18.7. The molecule has 0 unspecified atom stereocenters. The third-order valence-electron chi connectivity index (χ3n) is 3.92. The predicted molar refractivity (Wildman–Crippen MR) is 115 cm³/mol. The largest absolute Gasteiger partial charge is 0.311 e. The zero-order valence-electron chi connectivity index (χ0n) is 15.8. The van der Waals surface area contributed by atoms with E-state index in [-0.39, 0.29) is 23.1 Å². The molecule has 1 amide bonds. The van der Waals surface area contributed by atoms with E-state index in [1.165, 1.54) is 17.8 Å². The smallest absolute Gasteiger partial charge is 0.300 e. The number of anilines is 2. The van der Waals surface area contributed by atoms with E-state index in [4.69, 9.17) is 0 Å². The Hall–Kier alpha value is -2.45. The Morgan fingerprint density at radius 1 is 1.31 bits per heavy atom. The Morgan fingerprint density at radius 3 is 2.62 bits per heavy atom. The van der Waals surface area contributed by atoms with Crippen LogP contribution in [0.5, 0.6) is 0 Å². The number of hydrogen-bond acceptors (Lipinski definition) is 8. The molecule has 29 heavy (non-hydrogen) atoms. The number of rotatable bonds is 7. The SMILES string of the molecule is CC(C)c1cnc(NC(=O)c2cc(N(O)I=O)ccc2Sc2nncn2C)nc1. The molecule has 0 fully saturated rings. The van der Waals surface area contributed by atoms with E-state index in [1.807, 2.05) is 13.8 Å². The molecule has 0 bridgehead atoms. The summed E-state index contributed by atoms with van der Waals surface area (Å²) >= 11 is -0.594. The van der Waals surface area contributed by atoms with Crippen LogP contribution in [0.3, 0.4) is 0 Å². The minimum Gasteiger partial charge on any atom is -0.311 e. The summed E-state index contributed by atoms with van der Waals surface area (Å²) in [6.07, 6.45) is 4.88. The van der Waals surface area contributed by atoms with E-state index in [2.05, 4.69) is 25.5 Å². The van der Waals surface area contributed by atoms with Crippen molar-refractivity contribution < 1.29 is 13.1 Å². The molecular formula is C17H18IN7O3S. The van der Waals surface area contributed by atoms with Crippen molar-refractivity contribution in [3.05, 3.63) is 48.0 Å². The molecule has 12 heteroatoms. The highest BCUT2D eigenvalue weighted by molar-refractivity contribution is 14.1.